The van der Waals surface area contributed by atoms with Crippen LogP contribution in [0.2, 0.25) is 5.15 Å². The Balaban J connectivity index is 1.86. The van der Waals surface area contributed by atoms with E-state index in [1.165, 1.54) is 6.07 Å². The number of halogens is 2. The van der Waals surface area contributed by atoms with Crippen LogP contribution < -0.4 is 4.90 Å². The number of anilines is 1. The highest BCUT2D eigenvalue weighted by Gasteiger charge is 2.34. The quantitative estimate of drug-likeness (QED) is 0.783. The van der Waals surface area contributed by atoms with Gasteiger partial charge in [0.05, 0.1) is 18.4 Å². The predicted octanol–water partition coefficient (Wildman–Crippen LogP) is 3.72. The molecule has 4 rings (SSSR count). The predicted molar refractivity (Wildman–Crippen MR) is 93.2 cm³/mol. The molecule has 5 nitrogen and oxygen atoms in total. The van der Waals surface area contributed by atoms with Crippen LogP contribution in [0.1, 0.15) is 18.2 Å². The van der Waals surface area contributed by atoms with Crippen molar-refractivity contribution in [2.45, 2.75) is 13.2 Å². The van der Waals surface area contributed by atoms with Crippen molar-refractivity contribution in [1.82, 2.24) is 4.98 Å². The lowest BCUT2D eigenvalue weighted by Crippen LogP contribution is -2.24. The Hall–Kier alpha value is -2.44. The highest BCUT2D eigenvalue weighted by Crippen LogP contribution is 2.34. The van der Waals surface area contributed by atoms with Gasteiger partial charge in [-0.3, -0.25) is 0 Å². The summed E-state index contributed by atoms with van der Waals surface area (Å²) in [6.45, 7) is 2.95. The number of ether oxygens (including phenoxy) is 2. The summed E-state index contributed by atoms with van der Waals surface area (Å²) in [5, 5.41) is 0.313. The summed E-state index contributed by atoms with van der Waals surface area (Å²) in [7, 11) is 0. The number of rotatable bonds is 3. The summed E-state index contributed by atoms with van der Waals surface area (Å²) in [5.41, 5.74) is 2.02. The van der Waals surface area contributed by atoms with E-state index in [1.54, 1.807) is 30.5 Å². The van der Waals surface area contributed by atoms with E-state index in [-0.39, 0.29) is 12.1 Å². The fourth-order valence-electron chi connectivity index (χ4n) is 2.92. The number of aromatic nitrogens is 1. The summed E-state index contributed by atoms with van der Waals surface area (Å²) >= 11 is 6.09. The summed E-state index contributed by atoms with van der Waals surface area (Å²) < 4.78 is 25.7. The van der Waals surface area contributed by atoms with E-state index in [0.717, 1.165) is 5.69 Å². The molecule has 0 spiro atoms. The van der Waals surface area contributed by atoms with Gasteiger partial charge in [0.15, 0.2) is 0 Å². The zero-order valence-electron chi connectivity index (χ0n) is 13.4. The molecule has 2 aromatic rings. The number of aliphatic imine (C=N–C) groups is 1. The summed E-state index contributed by atoms with van der Waals surface area (Å²) in [6, 6.07) is 9.97. The first-order valence-corrected chi connectivity index (χ1v) is 8.30. The van der Waals surface area contributed by atoms with Gasteiger partial charge in [0, 0.05) is 12.2 Å². The van der Waals surface area contributed by atoms with E-state index in [4.69, 9.17) is 21.1 Å². The molecule has 0 amide bonds. The molecule has 0 aliphatic carbocycles. The Morgan fingerprint density at radius 3 is 2.96 bits per heavy atom. The number of hydrogen-bond acceptors (Lipinski definition) is 5. The molecule has 7 heteroatoms. The topological polar surface area (TPSA) is 47.0 Å². The fraction of sp³-hybridized carbons (Fsp3) is 0.222. The lowest BCUT2D eigenvalue weighted by molar-refractivity contribution is -0.0809. The fourth-order valence-corrected chi connectivity index (χ4v) is 3.06. The zero-order chi connectivity index (χ0) is 17.4. The van der Waals surface area contributed by atoms with Gasteiger partial charge in [0.2, 0.25) is 12.2 Å². The van der Waals surface area contributed by atoms with Crippen LogP contribution in [0.3, 0.4) is 0 Å². The Morgan fingerprint density at radius 1 is 1.32 bits per heavy atom. The van der Waals surface area contributed by atoms with Crippen molar-refractivity contribution in [2.75, 3.05) is 18.1 Å². The summed E-state index contributed by atoms with van der Waals surface area (Å²) in [6.07, 6.45) is 1.18. The summed E-state index contributed by atoms with van der Waals surface area (Å²) in [4.78, 5) is 10.8. The second-order valence-electron chi connectivity index (χ2n) is 5.54. The van der Waals surface area contributed by atoms with E-state index in [9.17, 15) is 4.39 Å². The lowest BCUT2D eigenvalue weighted by atomic mass is 10.0. The second-order valence-corrected chi connectivity index (χ2v) is 5.93. The number of pyridine rings is 1. The van der Waals surface area contributed by atoms with Crippen LogP contribution in [-0.4, -0.2) is 30.1 Å². The average Bonchev–Trinajstić information content (AvgIpc) is 2.93. The molecule has 2 aliphatic heterocycles. The van der Waals surface area contributed by atoms with E-state index < -0.39 is 0 Å². The molecule has 1 aromatic heterocycles. The van der Waals surface area contributed by atoms with Crippen LogP contribution >= 0.6 is 11.6 Å². The molecule has 2 aliphatic rings. The van der Waals surface area contributed by atoms with Crippen LogP contribution in [0, 0.1) is 5.82 Å². The third-order valence-corrected chi connectivity index (χ3v) is 4.20. The number of fused-ring (bicyclic) bond motifs is 3. The Labute approximate surface area is 149 Å². The molecule has 0 N–H and O–H groups in total. The van der Waals surface area contributed by atoms with Gasteiger partial charge in [0.1, 0.15) is 22.4 Å². The maximum atomic E-state index is 14.3. The van der Waals surface area contributed by atoms with Crippen LogP contribution in [0.4, 0.5) is 10.1 Å². The maximum absolute atomic E-state index is 14.3. The third-order valence-electron chi connectivity index (χ3n) is 3.99. The van der Waals surface area contributed by atoms with Gasteiger partial charge in [0.25, 0.3) is 0 Å². The molecule has 1 atom stereocenters. The molecule has 25 heavy (non-hydrogen) atoms. The van der Waals surface area contributed by atoms with Crippen molar-refractivity contribution in [3.63, 3.8) is 0 Å². The van der Waals surface area contributed by atoms with Crippen LogP contribution in [0.15, 0.2) is 53.5 Å². The normalized spacial score (nSPS) is 18.7. The van der Waals surface area contributed by atoms with Crippen LogP contribution in [-0.2, 0) is 9.47 Å². The van der Waals surface area contributed by atoms with Gasteiger partial charge in [-0.2, -0.15) is 0 Å². The largest absolute Gasteiger partial charge is 0.446 e. The number of benzene rings is 1. The van der Waals surface area contributed by atoms with Gasteiger partial charge in [-0.05, 0) is 31.2 Å². The van der Waals surface area contributed by atoms with Crippen LogP contribution in [0.25, 0.3) is 0 Å². The zero-order valence-corrected chi connectivity index (χ0v) is 14.2. The molecule has 0 bridgehead atoms. The molecular weight excluding hydrogens is 345 g/mol. The summed E-state index contributed by atoms with van der Waals surface area (Å²) in [5.74, 6) is 0.165. The van der Waals surface area contributed by atoms with E-state index in [2.05, 4.69) is 9.98 Å². The van der Waals surface area contributed by atoms with Gasteiger partial charge in [-0.25, -0.2) is 14.4 Å². The minimum atomic E-state index is -0.384. The van der Waals surface area contributed by atoms with Crippen molar-refractivity contribution in [2.24, 2.45) is 4.99 Å². The monoisotopic (exact) mass is 359 g/mol. The third kappa shape index (κ3) is 2.88. The first kappa shape index (κ1) is 16.1. The molecule has 1 unspecified atom stereocenters. The van der Waals surface area contributed by atoms with E-state index >= 15 is 0 Å². The molecule has 1 aromatic carbocycles. The first-order chi connectivity index (χ1) is 12.2. The van der Waals surface area contributed by atoms with Crippen LogP contribution in [0.5, 0.6) is 0 Å². The molecule has 128 valence electrons. The standard InChI is InChI=1S/C18H15ClFN3O2/c1-2-24-16-10-23-13-7-8-14(19)22-18(13)17(21-9-15(23)25-16)11-5-3-4-6-12(11)20/h3-9,16H,2,10H2,1H3. The van der Waals surface area contributed by atoms with Gasteiger partial charge in [-0.1, -0.05) is 23.7 Å². The molecule has 0 radical (unpaired) electrons. The van der Waals surface area contributed by atoms with Crippen molar-refractivity contribution in [1.29, 1.82) is 0 Å². The Morgan fingerprint density at radius 2 is 2.16 bits per heavy atom. The number of nitrogens with zero attached hydrogens (tertiary/aromatic N) is 3. The van der Waals surface area contributed by atoms with Gasteiger partial charge in [-0.15, -0.1) is 0 Å². The highest BCUT2D eigenvalue weighted by molar-refractivity contribution is 6.30. The molecular formula is C18H15ClFN3O2. The minimum absolute atomic E-state index is 0.313. The second kappa shape index (κ2) is 6.46. The SMILES string of the molecule is CCOC1CN2C(=CN=C(c3ccccc3F)c3nc(Cl)ccc32)O1. The molecule has 0 saturated carbocycles. The van der Waals surface area contributed by atoms with E-state index in [1.807, 2.05) is 17.9 Å². The maximum Gasteiger partial charge on any atom is 0.219 e. The lowest BCUT2D eigenvalue weighted by Gasteiger charge is -2.18. The highest BCUT2D eigenvalue weighted by atomic mass is 35.5. The smallest absolute Gasteiger partial charge is 0.219 e. The molecule has 3 heterocycles. The van der Waals surface area contributed by atoms with Crippen molar-refractivity contribution in [3.8, 4) is 0 Å². The first-order valence-electron chi connectivity index (χ1n) is 7.93. The van der Waals surface area contributed by atoms with Crippen molar-refractivity contribution < 1.29 is 13.9 Å². The van der Waals surface area contributed by atoms with Gasteiger partial charge >= 0.3 is 0 Å². The Bertz CT molecular complexity index is 884. The van der Waals surface area contributed by atoms with E-state index in [0.29, 0.717) is 41.2 Å². The van der Waals surface area contributed by atoms with Gasteiger partial charge < -0.3 is 14.4 Å². The number of hydrogen-bond donors (Lipinski definition) is 0. The minimum Gasteiger partial charge on any atom is -0.446 e. The molecule has 1 saturated heterocycles. The molecule has 1 fully saturated rings. The van der Waals surface area contributed by atoms with Crippen molar-refractivity contribution >= 4 is 23.0 Å². The average molecular weight is 360 g/mol. The Kier molecular flexibility index (Phi) is 4.15. The van der Waals surface area contributed by atoms with Crippen molar-refractivity contribution in [3.05, 3.63) is 70.7 Å².